The Morgan fingerprint density at radius 3 is 2.64 bits per heavy atom. The first-order valence-electron chi connectivity index (χ1n) is 6.64. The predicted octanol–water partition coefficient (Wildman–Crippen LogP) is 3.41. The second-order valence-corrected chi connectivity index (χ2v) is 6.30. The number of nitrogen functional groups attached to an aromatic ring is 1. The van der Waals surface area contributed by atoms with E-state index in [1.165, 1.54) is 17.8 Å². The molecule has 1 unspecified atom stereocenters. The largest absolute Gasteiger partial charge is 0.398 e. The molecule has 0 aliphatic carbocycles. The SMILES string of the molecule is NC(=O)CSCC(c1cc(Cl)ccc1N)c1ccccc1F. The summed E-state index contributed by atoms with van der Waals surface area (Å²) in [5, 5.41) is 0.533. The van der Waals surface area contributed by atoms with Crippen molar-refractivity contribution < 1.29 is 9.18 Å². The fourth-order valence-corrected chi connectivity index (χ4v) is 3.32. The maximum Gasteiger partial charge on any atom is 0.227 e. The van der Waals surface area contributed by atoms with Gasteiger partial charge in [0.1, 0.15) is 5.82 Å². The highest BCUT2D eigenvalue weighted by Crippen LogP contribution is 2.34. The van der Waals surface area contributed by atoms with Crippen LogP contribution in [-0.2, 0) is 4.79 Å². The standard InChI is InChI=1S/C16H16ClFN2OS/c17-10-5-6-15(19)12(7-10)13(8-22-9-16(20)21)11-3-1-2-4-14(11)18/h1-7,13H,8-9,19H2,(H2,20,21). The zero-order chi connectivity index (χ0) is 16.1. The number of halogens is 2. The van der Waals surface area contributed by atoms with E-state index >= 15 is 0 Å². The van der Waals surface area contributed by atoms with Crippen LogP contribution >= 0.6 is 23.4 Å². The molecule has 0 aliphatic rings. The normalized spacial score (nSPS) is 12.1. The topological polar surface area (TPSA) is 69.1 Å². The summed E-state index contributed by atoms with van der Waals surface area (Å²) in [6.07, 6.45) is 0. The van der Waals surface area contributed by atoms with Gasteiger partial charge in [-0.3, -0.25) is 4.79 Å². The second kappa shape index (κ2) is 7.51. The van der Waals surface area contributed by atoms with Gasteiger partial charge in [0.2, 0.25) is 5.91 Å². The van der Waals surface area contributed by atoms with E-state index in [4.69, 9.17) is 23.1 Å². The first kappa shape index (κ1) is 16.6. The van der Waals surface area contributed by atoms with Crippen molar-refractivity contribution in [1.29, 1.82) is 0 Å². The summed E-state index contributed by atoms with van der Waals surface area (Å²) in [6.45, 7) is 0. The number of amides is 1. The third-order valence-corrected chi connectivity index (χ3v) is 4.53. The van der Waals surface area contributed by atoms with Gasteiger partial charge < -0.3 is 11.5 Å². The van der Waals surface area contributed by atoms with Crippen LogP contribution in [0.15, 0.2) is 42.5 Å². The Hall–Kier alpha value is -1.72. The van der Waals surface area contributed by atoms with E-state index in [1.54, 1.807) is 36.4 Å². The Bertz CT molecular complexity index is 681. The van der Waals surface area contributed by atoms with E-state index in [0.29, 0.717) is 22.0 Å². The van der Waals surface area contributed by atoms with Crippen molar-refractivity contribution in [1.82, 2.24) is 0 Å². The fraction of sp³-hybridized carbons (Fsp3) is 0.188. The summed E-state index contributed by atoms with van der Waals surface area (Å²) in [5.41, 5.74) is 13.0. The quantitative estimate of drug-likeness (QED) is 0.793. The number of nitrogens with two attached hydrogens (primary N) is 2. The summed E-state index contributed by atoms with van der Waals surface area (Å²) in [7, 11) is 0. The monoisotopic (exact) mass is 338 g/mol. The summed E-state index contributed by atoms with van der Waals surface area (Å²) in [6, 6.07) is 11.6. The minimum atomic E-state index is -0.406. The molecule has 4 N–H and O–H groups in total. The van der Waals surface area contributed by atoms with E-state index in [9.17, 15) is 9.18 Å². The number of hydrogen-bond donors (Lipinski definition) is 2. The molecule has 2 rings (SSSR count). The fourth-order valence-electron chi connectivity index (χ4n) is 2.23. The first-order valence-corrected chi connectivity index (χ1v) is 8.17. The third-order valence-electron chi connectivity index (χ3n) is 3.23. The van der Waals surface area contributed by atoms with E-state index in [2.05, 4.69) is 0 Å². The number of benzene rings is 2. The molecule has 2 aromatic rings. The number of carbonyl (C=O) groups is 1. The number of primary amides is 1. The molecule has 2 aromatic carbocycles. The van der Waals surface area contributed by atoms with Crippen LogP contribution in [0.3, 0.4) is 0 Å². The molecule has 6 heteroatoms. The number of anilines is 1. The van der Waals surface area contributed by atoms with Crippen LogP contribution in [0, 0.1) is 5.82 Å². The van der Waals surface area contributed by atoms with Gasteiger partial charge >= 0.3 is 0 Å². The van der Waals surface area contributed by atoms with Crippen LogP contribution in [0.1, 0.15) is 17.0 Å². The Labute approximate surface area is 137 Å². The number of thioether (sulfide) groups is 1. The summed E-state index contributed by atoms with van der Waals surface area (Å²) >= 11 is 7.38. The van der Waals surface area contributed by atoms with Crippen molar-refractivity contribution >= 4 is 35.0 Å². The molecule has 3 nitrogen and oxygen atoms in total. The minimum absolute atomic E-state index is 0.172. The van der Waals surface area contributed by atoms with E-state index < -0.39 is 5.91 Å². The van der Waals surface area contributed by atoms with Gasteiger partial charge in [-0.05, 0) is 35.4 Å². The van der Waals surface area contributed by atoms with Crippen LogP contribution in [0.4, 0.5) is 10.1 Å². The zero-order valence-electron chi connectivity index (χ0n) is 11.8. The molecule has 1 atom stereocenters. The lowest BCUT2D eigenvalue weighted by atomic mass is 9.91. The average Bonchev–Trinajstić information content (AvgIpc) is 2.47. The lowest BCUT2D eigenvalue weighted by Crippen LogP contribution is -2.16. The van der Waals surface area contributed by atoms with Gasteiger partial charge in [0.15, 0.2) is 0 Å². The van der Waals surface area contributed by atoms with E-state index in [1.807, 2.05) is 0 Å². The van der Waals surface area contributed by atoms with Crippen molar-refractivity contribution in [2.45, 2.75) is 5.92 Å². The Kier molecular flexibility index (Phi) is 5.69. The molecule has 0 heterocycles. The highest BCUT2D eigenvalue weighted by atomic mass is 35.5. The maximum absolute atomic E-state index is 14.2. The van der Waals surface area contributed by atoms with Gasteiger partial charge in [0.05, 0.1) is 5.75 Å². The smallest absolute Gasteiger partial charge is 0.227 e. The van der Waals surface area contributed by atoms with Crippen LogP contribution < -0.4 is 11.5 Å². The van der Waals surface area contributed by atoms with Gasteiger partial charge in [-0.1, -0.05) is 29.8 Å². The van der Waals surface area contributed by atoms with Gasteiger partial charge in [-0.25, -0.2) is 4.39 Å². The van der Waals surface area contributed by atoms with Crippen LogP contribution in [0.25, 0.3) is 0 Å². The molecule has 0 radical (unpaired) electrons. The summed E-state index contributed by atoms with van der Waals surface area (Å²) < 4.78 is 14.2. The Morgan fingerprint density at radius 1 is 1.23 bits per heavy atom. The first-order chi connectivity index (χ1) is 10.5. The van der Waals surface area contributed by atoms with Crippen molar-refractivity contribution in [3.8, 4) is 0 Å². The third kappa shape index (κ3) is 4.15. The van der Waals surface area contributed by atoms with Crippen LogP contribution in [-0.4, -0.2) is 17.4 Å². The molecule has 22 heavy (non-hydrogen) atoms. The van der Waals surface area contributed by atoms with Gasteiger partial charge in [-0.2, -0.15) is 11.8 Å². The molecular weight excluding hydrogens is 323 g/mol. The van der Waals surface area contributed by atoms with Crippen molar-refractivity contribution in [2.75, 3.05) is 17.2 Å². The highest BCUT2D eigenvalue weighted by molar-refractivity contribution is 7.99. The molecule has 0 saturated carbocycles. The van der Waals surface area contributed by atoms with E-state index in [0.717, 1.165) is 5.56 Å². The summed E-state index contributed by atoms with van der Waals surface area (Å²) in [4.78, 5) is 10.9. The molecule has 116 valence electrons. The zero-order valence-corrected chi connectivity index (χ0v) is 13.3. The Morgan fingerprint density at radius 2 is 1.95 bits per heavy atom. The highest BCUT2D eigenvalue weighted by Gasteiger charge is 2.20. The molecule has 0 aromatic heterocycles. The maximum atomic E-state index is 14.2. The average molecular weight is 339 g/mol. The van der Waals surface area contributed by atoms with Gasteiger partial charge in [-0.15, -0.1) is 0 Å². The molecule has 1 amide bonds. The molecule has 0 bridgehead atoms. The lowest BCUT2D eigenvalue weighted by molar-refractivity contribution is -0.115. The predicted molar refractivity (Wildman–Crippen MR) is 90.6 cm³/mol. The van der Waals surface area contributed by atoms with Crippen LogP contribution in [0.2, 0.25) is 5.02 Å². The van der Waals surface area contributed by atoms with Crippen molar-refractivity contribution in [3.05, 3.63) is 64.4 Å². The minimum Gasteiger partial charge on any atom is -0.398 e. The van der Waals surface area contributed by atoms with Crippen LogP contribution in [0.5, 0.6) is 0 Å². The van der Waals surface area contributed by atoms with E-state index in [-0.39, 0.29) is 17.5 Å². The summed E-state index contributed by atoms with van der Waals surface area (Å²) in [5.74, 6) is -0.369. The molecule has 0 spiro atoms. The molecule has 0 saturated heterocycles. The van der Waals surface area contributed by atoms with Crippen molar-refractivity contribution in [3.63, 3.8) is 0 Å². The number of hydrogen-bond acceptors (Lipinski definition) is 3. The van der Waals surface area contributed by atoms with Gasteiger partial charge in [0.25, 0.3) is 0 Å². The molecular formula is C16H16ClFN2OS. The molecule has 0 fully saturated rings. The number of rotatable bonds is 6. The van der Waals surface area contributed by atoms with Gasteiger partial charge in [0, 0.05) is 22.4 Å². The van der Waals surface area contributed by atoms with Crippen molar-refractivity contribution in [2.24, 2.45) is 5.73 Å². The number of carbonyl (C=O) groups excluding carboxylic acids is 1. The second-order valence-electron chi connectivity index (χ2n) is 4.83. The Balaban J connectivity index is 2.39. The lowest BCUT2D eigenvalue weighted by Gasteiger charge is -2.20. The molecule has 0 aliphatic heterocycles.